The van der Waals surface area contributed by atoms with Crippen LogP contribution in [0.25, 0.3) is 11.1 Å². The van der Waals surface area contributed by atoms with Gasteiger partial charge in [-0.25, -0.2) is 0 Å². The van der Waals surface area contributed by atoms with E-state index in [1.165, 1.54) is 5.56 Å². The first kappa shape index (κ1) is 13.4. The van der Waals surface area contributed by atoms with Gasteiger partial charge in [0.2, 0.25) is 0 Å². The number of rotatable bonds is 5. The SMILES string of the molecule is CNCc1cccc(-c2ccc(OC)cc2OC)c1. The van der Waals surface area contributed by atoms with E-state index in [0.29, 0.717) is 0 Å². The highest BCUT2D eigenvalue weighted by molar-refractivity contribution is 5.72. The van der Waals surface area contributed by atoms with Crippen molar-refractivity contribution in [1.29, 1.82) is 0 Å². The smallest absolute Gasteiger partial charge is 0.130 e. The van der Waals surface area contributed by atoms with E-state index >= 15 is 0 Å². The number of ether oxygens (including phenoxy) is 2. The van der Waals surface area contributed by atoms with Gasteiger partial charge in [-0.2, -0.15) is 0 Å². The van der Waals surface area contributed by atoms with E-state index in [4.69, 9.17) is 9.47 Å². The van der Waals surface area contributed by atoms with Crippen molar-refractivity contribution in [1.82, 2.24) is 5.32 Å². The molecule has 0 saturated heterocycles. The predicted molar refractivity (Wildman–Crippen MR) is 77.7 cm³/mol. The summed E-state index contributed by atoms with van der Waals surface area (Å²) in [4.78, 5) is 0. The monoisotopic (exact) mass is 257 g/mol. The van der Waals surface area contributed by atoms with Crippen LogP contribution in [0.1, 0.15) is 5.56 Å². The molecule has 2 aromatic carbocycles. The van der Waals surface area contributed by atoms with Gasteiger partial charge in [0.25, 0.3) is 0 Å². The lowest BCUT2D eigenvalue weighted by molar-refractivity contribution is 0.395. The van der Waals surface area contributed by atoms with Crippen LogP contribution in [0.2, 0.25) is 0 Å². The lowest BCUT2D eigenvalue weighted by Gasteiger charge is -2.11. The minimum atomic E-state index is 0.798. The van der Waals surface area contributed by atoms with Crippen LogP contribution in [0.4, 0.5) is 0 Å². The average Bonchev–Trinajstić information content (AvgIpc) is 2.47. The van der Waals surface area contributed by atoms with Crippen molar-refractivity contribution in [2.24, 2.45) is 0 Å². The number of nitrogens with one attached hydrogen (secondary N) is 1. The Morgan fingerprint density at radius 2 is 1.84 bits per heavy atom. The summed E-state index contributed by atoms with van der Waals surface area (Å²) >= 11 is 0. The fraction of sp³-hybridized carbons (Fsp3) is 0.250. The Balaban J connectivity index is 2.43. The molecule has 0 spiro atoms. The zero-order valence-electron chi connectivity index (χ0n) is 11.6. The van der Waals surface area contributed by atoms with E-state index in [1.807, 2.05) is 25.2 Å². The molecule has 0 saturated carbocycles. The molecule has 100 valence electrons. The van der Waals surface area contributed by atoms with Gasteiger partial charge in [-0.3, -0.25) is 0 Å². The molecule has 0 atom stereocenters. The van der Waals surface area contributed by atoms with E-state index in [-0.39, 0.29) is 0 Å². The first-order valence-electron chi connectivity index (χ1n) is 6.24. The summed E-state index contributed by atoms with van der Waals surface area (Å²) in [5.74, 6) is 1.62. The van der Waals surface area contributed by atoms with Crippen LogP contribution in [0.3, 0.4) is 0 Å². The van der Waals surface area contributed by atoms with Crippen LogP contribution >= 0.6 is 0 Å². The fourth-order valence-electron chi connectivity index (χ4n) is 2.09. The van der Waals surface area contributed by atoms with Crippen molar-refractivity contribution in [3.05, 3.63) is 48.0 Å². The standard InChI is InChI=1S/C16H19NO2/c1-17-11-12-5-4-6-13(9-12)15-8-7-14(18-2)10-16(15)19-3/h4-10,17H,11H2,1-3H3. The predicted octanol–water partition coefficient (Wildman–Crippen LogP) is 3.09. The quantitative estimate of drug-likeness (QED) is 0.893. The van der Waals surface area contributed by atoms with Gasteiger partial charge in [-0.1, -0.05) is 18.2 Å². The molecule has 19 heavy (non-hydrogen) atoms. The molecule has 0 aliphatic carbocycles. The van der Waals surface area contributed by atoms with Gasteiger partial charge in [0, 0.05) is 18.2 Å². The van der Waals surface area contributed by atoms with Crippen molar-refractivity contribution in [3.63, 3.8) is 0 Å². The van der Waals surface area contributed by atoms with Crippen molar-refractivity contribution in [3.8, 4) is 22.6 Å². The second-order valence-electron chi connectivity index (χ2n) is 4.30. The van der Waals surface area contributed by atoms with E-state index in [9.17, 15) is 0 Å². The lowest BCUT2D eigenvalue weighted by Crippen LogP contribution is -2.04. The molecule has 0 fully saturated rings. The normalized spacial score (nSPS) is 10.3. The van der Waals surface area contributed by atoms with Crippen LogP contribution in [-0.4, -0.2) is 21.3 Å². The maximum atomic E-state index is 5.45. The fourth-order valence-corrected chi connectivity index (χ4v) is 2.09. The minimum absolute atomic E-state index is 0.798. The maximum absolute atomic E-state index is 5.45. The van der Waals surface area contributed by atoms with E-state index < -0.39 is 0 Å². The molecule has 2 rings (SSSR count). The van der Waals surface area contributed by atoms with E-state index in [1.54, 1.807) is 14.2 Å². The highest BCUT2D eigenvalue weighted by Gasteiger charge is 2.07. The van der Waals surface area contributed by atoms with Crippen LogP contribution in [0.5, 0.6) is 11.5 Å². The largest absolute Gasteiger partial charge is 0.497 e. The van der Waals surface area contributed by atoms with Gasteiger partial charge in [0.1, 0.15) is 11.5 Å². The topological polar surface area (TPSA) is 30.5 Å². The van der Waals surface area contributed by atoms with Gasteiger partial charge in [-0.15, -0.1) is 0 Å². The molecule has 0 aliphatic rings. The molecule has 0 aliphatic heterocycles. The molecular formula is C16H19NO2. The average molecular weight is 257 g/mol. The summed E-state index contributed by atoms with van der Waals surface area (Å²) in [7, 11) is 5.28. The van der Waals surface area contributed by atoms with Crippen molar-refractivity contribution < 1.29 is 9.47 Å². The van der Waals surface area contributed by atoms with Gasteiger partial charge < -0.3 is 14.8 Å². The molecule has 1 N–H and O–H groups in total. The second kappa shape index (κ2) is 6.25. The Labute approximate surface area is 114 Å². The van der Waals surface area contributed by atoms with Gasteiger partial charge in [0.05, 0.1) is 14.2 Å². The Hall–Kier alpha value is -2.00. The molecule has 0 heterocycles. The van der Waals surface area contributed by atoms with Crippen LogP contribution < -0.4 is 14.8 Å². The maximum Gasteiger partial charge on any atom is 0.130 e. The third-order valence-electron chi connectivity index (χ3n) is 3.03. The van der Waals surface area contributed by atoms with Gasteiger partial charge >= 0.3 is 0 Å². The molecule has 0 bridgehead atoms. The Bertz CT molecular complexity index is 552. The van der Waals surface area contributed by atoms with Crippen LogP contribution in [0.15, 0.2) is 42.5 Å². The summed E-state index contributed by atoms with van der Waals surface area (Å²) in [6.07, 6.45) is 0. The van der Waals surface area contributed by atoms with Crippen LogP contribution in [0, 0.1) is 0 Å². The Kier molecular flexibility index (Phi) is 4.42. The third-order valence-corrected chi connectivity index (χ3v) is 3.03. The summed E-state index contributed by atoms with van der Waals surface area (Å²) < 4.78 is 10.7. The lowest BCUT2D eigenvalue weighted by atomic mass is 10.0. The number of hydrogen-bond acceptors (Lipinski definition) is 3. The van der Waals surface area contributed by atoms with Crippen molar-refractivity contribution in [2.75, 3.05) is 21.3 Å². The molecule has 0 unspecified atom stereocenters. The highest BCUT2D eigenvalue weighted by atomic mass is 16.5. The summed E-state index contributed by atoms with van der Waals surface area (Å²) in [5.41, 5.74) is 3.46. The summed E-state index contributed by atoms with van der Waals surface area (Å²) in [6, 6.07) is 14.3. The highest BCUT2D eigenvalue weighted by Crippen LogP contribution is 2.33. The van der Waals surface area contributed by atoms with Crippen LogP contribution in [-0.2, 0) is 6.54 Å². The zero-order chi connectivity index (χ0) is 13.7. The van der Waals surface area contributed by atoms with Crippen molar-refractivity contribution >= 4 is 0 Å². The van der Waals surface area contributed by atoms with Gasteiger partial charge in [0.15, 0.2) is 0 Å². The van der Waals surface area contributed by atoms with E-state index in [2.05, 4.69) is 29.6 Å². The van der Waals surface area contributed by atoms with Gasteiger partial charge in [-0.05, 0) is 36.4 Å². The molecule has 3 heteroatoms. The number of hydrogen-bond donors (Lipinski definition) is 1. The Morgan fingerprint density at radius 3 is 2.53 bits per heavy atom. The Morgan fingerprint density at radius 1 is 1.00 bits per heavy atom. The molecule has 0 radical (unpaired) electrons. The molecular weight excluding hydrogens is 238 g/mol. The number of benzene rings is 2. The zero-order valence-corrected chi connectivity index (χ0v) is 11.6. The summed E-state index contributed by atoms with van der Waals surface area (Å²) in [5, 5.41) is 3.16. The molecule has 3 nitrogen and oxygen atoms in total. The second-order valence-corrected chi connectivity index (χ2v) is 4.30. The third kappa shape index (κ3) is 3.06. The molecule has 0 amide bonds. The first-order valence-corrected chi connectivity index (χ1v) is 6.24. The molecule has 0 aromatic heterocycles. The first-order chi connectivity index (χ1) is 9.28. The van der Waals surface area contributed by atoms with E-state index in [0.717, 1.165) is 29.2 Å². The minimum Gasteiger partial charge on any atom is -0.497 e. The molecule has 2 aromatic rings. The van der Waals surface area contributed by atoms with Crippen molar-refractivity contribution in [2.45, 2.75) is 6.54 Å². The summed E-state index contributed by atoms with van der Waals surface area (Å²) in [6.45, 7) is 0.853. The number of methoxy groups -OCH3 is 2.